The lowest BCUT2D eigenvalue weighted by atomic mass is 9.87. The van der Waals surface area contributed by atoms with Gasteiger partial charge in [0.15, 0.2) is 0 Å². The van der Waals surface area contributed by atoms with E-state index in [4.69, 9.17) is 4.74 Å². The van der Waals surface area contributed by atoms with E-state index in [1.165, 1.54) is 5.56 Å². The van der Waals surface area contributed by atoms with Crippen molar-refractivity contribution in [1.82, 2.24) is 4.72 Å². The van der Waals surface area contributed by atoms with Crippen molar-refractivity contribution in [1.29, 1.82) is 0 Å². The van der Waals surface area contributed by atoms with E-state index >= 15 is 0 Å². The molecule has 2 rings (SSSR count). The monoisotopic (exact) mass is 361 g/mol. The molecule has 0 spiro atoms. The largest absolute Gasteiger partial charge is 0.492 e. The van der Waals surface area contributed by atoms with Crippen LogP contribution in [-0.2, 0) is 15.4 Å². The number of nitrogens with one attached hydrogen (secondary N) is 1. The predicted molar refractivity (Wildman–Crippen MR) is 102 cm³/mol. The first kappa shape index (κ1) is 19.5. The fourth-order valence-corrected chi connectivity index (χ4v) is 3.81. The Morgan fingerprint density at radius 1 is 1.00 bits per heavy atom. The van der Waals surface area contributed by atoms with Crippen molar-refractivity contribution >= 4 is 10.0 Å². The molecule has 5 heteroatoms. The zero-order chi connectivity index (χ0) is 18.7. The van der Waals surface area contributed by atoms with E-state index in [0.717, 1.165) is 16.9 Å². The summed E-state index contributed by atoms with van der Waals surface area (Å²) in [6.45, 7) is 10.7. The second-order valence-electron chi connectivity index (χ2n) is 7.29. The molecular weight excluding hydrogens is 334 g/mol. The van der Waals surface area contributed by atoms with Gasteiger partial charge in [0, 0.05) is 6.54 Å². The minimum Gasteiger partial charge on any atom is -0.492 e. The number of rotatable bonds is 6. The number of hydrogen-bond acceptors (Lipinski definition) is 3. The van der Waals surface area contributed by atoms with Crippen molar-refractivity contribution in [3.63, 3.8) is 0 Å². The van der Waals surface area contributed by atoms with Gasteiger partial charge in [-0.3, -0.25) is 0 Å². The number of hydrogen-bond donors (Lipinski definition) is 1. The van der Waals surface area contributed by atoms with Gasteiger partial charge in [-0.15, -0.1) is 0 Å². The van der Waals surface area contributed by atoms with Crippen LogP contribution >= 0.6 is 0 Å². The summed E-state index contributed by atoms with van der Waals surface area (Å²) in [6.07, 6.45) is 0. The van der Waals surface area contributed by atoms with Crippen molar-refractivity contribution in [3.05, 3.63) is 59.2 Å². The number of aryl methyl sites for hydroxylation is 2. The Balaban J connectivity index is 1.90. The molecule has 0 saturated carbocycles. The van der Waals surface area contributed by atoms with Crippen LogP contribution in [0.25, 0.3) is 0 Å². The lowest BCUT2D eigenvalue weighted by Gasteiger charge is -2.19. The molecule has 0 amide bonds. The molecule has 0 unspecified atom stereocenters. The fourth-order valence-electron chi connectivity index (χ4n) is 2.57. The van der Waals surface area contributed by atoms with Gasteiger partial charge in [-0.05, 0) is 48.6 Å². The van der Waals surface area contributed by atoms with E-state index in [0.29, 0.717) is 4.90 Å². The average Bonchev–Trinajstić information content (AvgIpc) is 2.51. The van der Waals surface area contributed by atoms with Crippen LogP contribution in [0.5, 0.6) is 5.75 Å². The zero-order valence-electron chi connectivity index (χ0n) is 15.6. The molecule has 4 nitrogen and oxygen atoms in total. The maximum absolute atomic E-state index is 12.4. The fraction of sp³-hybridized carbons (Fsp3) is 0.400. The summed E-state index contributed by atoms with van der Waals surface area (Å²) in [6, 6.07) is 13.2. The highest BCUT2D eigenvalue weighted by atomic mass is 32.2. The highest BCUT2D eigenvalue weighted by Crippen LogP contribution is 2.24. The first-order valence-corrected chi connectivity index (χ1v) is 9.88. The Hall–Kier alpha value is -1.85. The van der Waals surface area contributed by atoms with Crippen molar-refractivity contribution < 1.29 is 13.2 Å². The second kappa shape index (κ2) is 7.58. The van der Waals surface area contributed by atoms with Crippen LogP contribution in [0.15, 0.2) is 47.4 Å². The summed E-state index contributed by atoms with van der Waals surface area (Å²) in [5, 5.41) is 0. The Morgan fingerprint density at radius 3 is 2.20 bits per heavy atom. The third-order valence-corrected chi connectivity index (χ3v) is 5.62. The Bertz CT molecular complexity index is 819. The highest BCUT2D eigenvalue weighted by Gasteiger charge is 2.16. The van der Waals surface area contributed by atoms with Gasteiger partial charge < -0.3 is 4.74 Å². The van der Waals surface area contributed by atoms with Gasteiger partial charge >= 0.3 is 0 Å². The highest BCUT2D eigenvalue weighted by molar-refractivity contribution is 7.89. The molecule has 0 bridgehead atoms. The van der Waals surface area contributed by atoms with Gasteiger partial charge in [0.2, 0.25) is 10.0 Å². The van der Waals surface area contributed by atoms with E-state index in [1.54, 1.807) is 19.1 Å². The summed E-state index contributed by atoms with van der Waals surface area (Å²) in [4.78, 5) is 0.313. The smallest absolute Gasteiger partial charge is 0.240 e. The van der Waals surface area contributed by atoms with Crippen LogP contribution in [0.3, 0.4) is 0 Å². The Labute approximate surface area is 151 Å². The molecule has 0 aliphatic heterocycles. The molecule has 1 N–H and O–H groups in total. The summed E-state index contributed by atoms with van der Waals surface area (Å²) in [7, 11) is -3.52. The third-order valence-electron chi connectivity index (χ3n) is 4.00. The van der Waals surface area contributed by atoms with E-state index in [1.807, 2.05) is 37.3 Å². The summed E-state index contributed by atoms with van der Waals surface area (Å²) in [5.41, 5.74) is 3.11. The lowest BCUT2D eigenvalue weighted by Crippen LogP contribution is -2.28. The molecule has 0 fully saturated rings. The van der Waals surface area contributed by atoms with Crippen molar-refractivity contribution in [2.45, 2.75) is 44.9 Å². The first-order chi connectivity index (χ1) is 11.6. The lowest BCUT2D eigenvalue weighted by molar-refractivity contribution is 0.322. The van der Waals surface area contributed by atoms with Crippen molar-refractivity contribution in [2.75, 3.05) is 13.2 Å². The molecule has 25 heavy (non-hydrogen) atoms. The van der Waals surface area contributed by atoms with E-state index in [9.17, 15) is 8.42 Å². The van der Waals surface area contributed by atoms with Gasteiger partial charge in [-0.25, -0.2) is 13.1 Å². The maximum atomic E-state index is 12.4. The normalized spacial score (nSPS) is 12.2. The third kappa shape index (κ3) is 5.31. The zero-order valence-corrected chi connectivity index (χ0v) is 16.4. The molecule has 0 aromatic heterocycles. The molecular formula is C20H27NO3S. The number of ether oxygens (including phenoxy) is 1. The molecule has 2 aromatic carbocycles. The summed E-state index contributed by atoms with van der Waals surface area (Å²) >= 11 is 0. The second-order valence-corrected chi connectivity index (χ2v) is 9.02. The van der Waals surface area contributed by atoms with E-state index in [2.05, 4.69) is 25.5 Å². The first-order valence-electron chi connectivity index (χ1n) is 8.40. The van der Waals surface area contributed by atoms with Gasteiger partial charge in [0.25, 0.3) is 0 Å². The Kier molecular flexibility index (Phi) is 5.91. The number of sulfonamides is 1. The van der Waals surface area contributed by atoms with Crippen LogP contribution in [0.1, 0.15) is 37.5 Å². The summed E-state index contributed by atoms with van der Waals surface area (Å²) < 4.78 is 32.9. The minimum atomic E-state index is -3.52. The summed E-state index contributed by atoms with van der Waals surface area (Å²) in [5.74, 6) is 0.735. The van der Waals surface area contributed by atoms with Crippen LogP contribution in [-0.4, -0.2) is 21.6 Å². The minimum absolute atomic E-state index is 0.0973. The Morgan fingerprint density at radius 2 is 1.64 bits per heavy atom. The van der Waals surface area contributed by atoms with Crippen LogP contribution < -0.4 is 9.46 Å². The van der Waals surface area contributed by atoms with Crippen molar-refractivity contribution in [3.8, 4) is 5.75 Å². The van der Waals surface area contributed by atoms with Gasteiger partial charge in [0.05, 0.1) is 4.90 Å². The van der Waals surface area contributed by atoms with E-state index < -0.39 is 10.0 Å². The van der Waals surface area contributed by atoms with E-state index in [-0.39, 0.29) is 18.6 Å². The molecule has 0 heterocycles. The molecule has 2 aromatic rings. The topological polar surface area (TPSA) is 55.4 Å². The average molecular weight is 362 g/mol. The quantitative estimate of drug-likeness (QED) is 0.793. The molecule has 0 aliphatic rings. The standard InChI is InChI=1S/C20H27NO3S/c1-15-6-11-19(16(2)14-15)25(22,23)21-12-13-24-18-9-7-17(8-10-18)20(3,4)5/h6-11,14,21H,12-13H2,1-5H3. The predicted octanol–water partition coefficient (Wildman–Crippen LogP) is 3.96. The molecule has 0 saturated heterocycles. The number of benzene rings is 2. The SMILES string of the molecule is Cc1ccc(S(=O)(=O)NCCOc2ccc(C(C)(C)C)cc2)c(C)c1. The van der Waals surface area contributed by atoms with Gasteiger partial charge in [-0.1, -0.05) is 50.6 Å². The molecule has 0 atom stereocenters. The van der Waals surface area contributed by atoms with Gasteiger partial charge in [-0.2, -0.15) is 0 Å². The van der Waals surface area contributed by atoms with Crippen LogP contribution in [0, 0.1) is 13.8 Å². The maximum Gasteiger partial charge on any atom is 0.240 e. The molecule has 136 valence electrons. The molecule has 0 aliphatic carbocycles. The van der Waals surface area contributed by atoms with Gasteiger partial charge in [0.1, 0.15) is 12.4 Å². The van der Waals surface area contributed by atoms with Crippen molar-refractivity contribution in [2.24, 2.45) is 0 Å². The molecule has 0 radical (unpaired) electrons. The van der Waals surface area contributed by atoms with Crippen LogP contribution in [0.2, 0.25) is 0 Å². The van der Waals surface area contributed by atoms with Crippen LogP contribution in [0.4, 0.5) is 0 Å².